The maximum absolute atomic E-state index is 10.3. The molecule has 221 valence electrons. The third kappa shape index (κ3) is 48.1. The summed E-state index contributed by atoms with van der Waals surface area (Å²) < 4.78 is 0. The van der Waals surface area contributed by atoms with Gasteiger partial charge in [0.05, 0.1) is 0 Å². The van der Waals surface area contributed by atoms with Crippen LogP contribution in [0.4, 0.5) is 0 Å². The Kier molecular flexibility index (Phi) is 201. The van der Waals surface area contributed by atoms with Crippen LogP contribution in [0.3, 0.4) is 0 Å². The minimum Gasteiger partial charge on any atom is -0.438 e. The summed E-state index contributed by atoms with van der Waals surface area (Å²) >= 11 is 0. The smallest absolute Gasteiger partial charge is 0 e. The molecule has 1 saturated carbocycles. The van der Waals surface area contributed by atoms with Gasteiger partial charge in [-0.1, -0.05) is 87.8 Å². The predicted octanol–water partition coefficient (Wildman–Crippen LogP) is 6.10. The molecule has 23 heteroatoms. The van der Waals surface area contributed by atoms with Crippen molar-refractivity contribution in [3.05, 3.63) is 36.1 Å². The van der Waals surface area contributed by atoms with Gasteiger partial charge in [-0.25, -0.2) is 18.1 Å². The molecule has 2 nitrogen and oxygen atoms in total. The Morgan fingerprint density at radius 2 is 0.812 bits per heavy atom. The summed E-state index contributed by atoms with van der Waals surface area (Å²) in [5.41, 5.74) is 2.20. The Bertz CT molecular complexity index is 642. The second-order valence-corrected chi connectivity index (χ2v) is 11.6. The number of aliphatic hydroxyl groups is 2. The molecule has 0 spiro atoms. The molecular formula is C25H44O2Y21-2. The summed E-state index contributed by atoms with van der Waals surface area (Å²) in [6.45, 7) is 27.4. The Hall–Kier alpha value is 22.5. The fourth-order valence-corrected chi connectivity index (χ4v) is 3.96. The normalized spacial score (nSPS) is 15.1. The van der Waals surface area contributed by atoms with E-state index in [4.69, 9.17) is 0 Å². The standard InChI is InChI=1S/C25H44O2.21Y/c1-17(13-14-18-15-19(26)16-20(27)22(18,5)6)23(7,8)25(11,12)24(9,10)21(2,3)4;;;;;;;;;;;;;;;;;;;;;/h13-16,19-20,26-27H,1-12H3;;;;;;;;;;;;;;;;;;;;;/q-2;;;;;;;;;;;;;;;;;;;;;/b17-13+,18-14+;;;;;;;;;;;;;;;;;;;;;/t19-,20+;;;;;;;;;;;;;;;;;;;;;/m1...................../s1. The molecule has 0 unspecified atom stereocenters. The summed E-state index contributed by atoms with van der Waals surface area (Å²) in [5, 5.41) is 20.3. The van der Waals surface area contributed by atoms with Crippen LogP contribution >= 0.6 is 0 Å². The van der Waals surface area contributed by atoms with Crippen LogP contribution in [0.25, 0.3) is 0 Å². The number of hydrogen-bond acceptors (Lipinski definition) is 2. The quantitative estimate of drug-likeness (QED) is 0.335. The molecule has 0 aromatic heterocycles. The maximum Gasteiger partial charge on any atom is 0 e. The minimum atomic E-state index is -0.697. The number of aliphatic hydroxyl groups excluding tert-OH is 2. The van der Waals surface area contributed by atoms with E-state index < -0.39 is 17.6 Å². The van der Waals surface area contributed by atoms with Crippen molar-refractivity contribution in [2.45, 2.75) is 95.3 Å². The average molecular weight is 2240 g/mol. The largest absolute Gasteiger partial charge is 0.438 e. The third-order valence-electron chi connectivity index (χ3n) is 8.71. The van der Waals surface area contributed by atoms with E-state index in [0.29, 0.717) is 0 Å². The number of allylic oxidation sites excluding steroid dienone is 3. The van der Waals surface area contributed by atoms with Crippen LogP contribution in [0.1, 0.15) is 83.1 Å². The van der Waals surface area contributed by atoms with Crippen molar-refractivity contribution in [1.29, 1.82) is 0 Å². The first-order valence-electron chi connectivity index (χ1n) is 10.3. The second-order valence-electron chi connectivity index (χ2n) is 11.6. The summed E-state index contributed by atoms with van der Waals surface area (Å²) in [6.07, 6.45) is 6.34. The molecule has 0 aromatic carbocycles. The minimum absolute atomic E-state index is 0. The van der Waals surface area contributed by atoms with Gasteiger partial charge in [-0.15, -0.1) is 12.2 Å². The molecule has 21 radical (unpaired) electrons. The van der Waals surface area contributed by atoms with Crippen LogP contribution in [-0.2, 0) is 687 Å². The van der Waals surface area contributed by atoms with Crippen molar-refractivity contribution in [3.8, 4) is 0 Å². The van der Waals surface area contributed by atoms with E-state index in [0.717, 1.165) is 5.57 Å². The van der Waals surface area contributed by atoms with Gasteiger partial charge in [0.25, 0.3) is 0 Å². The van der Waals surface area contributed by atoms with Gasteiger partial charge in [0.15, 0.2) is 0 Å². The van der Waals surface area contributed by atoms with Crippen molar-refractivity contribution in [1.82, 2.24) is 0 Å². The van der Waals surface area contributed by atoms with Crippen LogP contribution < -0.4 is 0 Å². The summed E-state index contributed by atoms with van der Waals surface area (Å²) in [6, 6.07) is 0. The maximum atomic E-state index is 10.3. The van der Waals surface area contributed by atoms with Crippen molar-refractivity contribution in [2.75, 3.05) is 0 Å². The Labute approximate surface area is 828 Å². The van der Waals surface area contributed by atoms with Gasteiger partial charge < -0.3 is 10.2 Å². The van der Waals surface area contributed by atoms with Crippen LogP contribution in [0.2, 0.25) is 0 Å². The topological polar surface area (TPSA) is 40.5 Å². The van der Waals surface area contributed by atoms with Gasteiger partial charge in [-0.3, -0.25) is 6.42 Å². The van der Waals surface area contributed by atoms with Crippen molar-refractivity contribution >= 4 is 0 Å². The fourth-order valence-electron chi connectivity index (χ4n) is 3.96. The molecule has 2 N–H and O–H groups in total. The molecule has 0 aromatic rings. The molecule has 0 aliphatic heterocycles. The van der Waals surface area contributed by atoms with Crippen molar-refractivity contribution in [2.24, 2.45) is 27.1 Å². The Morgan fingerprint density at radius 1 is 0.542 bits per heavy atom. The van der Waals surface area contributed by atoms with Gasteiger partial charge in [0.2, 0.25) is 0 Å². The molecule has 1 aliphatic carbocycles. The molecule has 0 bridgehead atoms. The molecule has 48 heavy (non-hydrogen) atoms. The van der Waals surface area contributed by atoms with Gasteiger partial charge in [-0.05, 0) is 34.0 Å². The second kappa shape index (κ2) is 69.5. The zero-order valence-corrected chi connectivity index (χ0v) is 91.6. The van der Waals surface area contributed by atoms with E-state index in [1.807, 2.05) is 20.3 Å². The Balaban J connectivity index is -0.0000000183. The van der Waals surface area contributed by atoms with Gasteiger partial charge in [0, 0.05) is 687 Å². The van der Waals surface area contributed by atoms with Gasteiger partial charge in [-0.2, -0.15) is 0 Å². The van der Waals surface area contributed by atoms with E-state index in [-0.39, 0.29) is 709 Å². The van der Waals surface area contributed by atoms with Crippen molar-refractivity contribution < 1.29 is 697 Å². The molecule has 1 fully saturated rings. The first-order valence-corrected chi connectivity index (χ1v) is 10.3. The zero-order valence-electron chi connectivity index (χ0n) is 32.0. The number of hydrogen-bond donors (Lipinski definition) is 2. The van der Waals surface area contributed by atoms with Crippen LogP contribution in [-0.4, -0.2) is 22.4 Å². The molecule has 0 heterocycles. The zero-order chi connectivity index (χ0) is 21.6. The Morgan fingerprint density at radius 3 is 1.06 bits per heavy atom. The monoisotopic (exact) mass is 2240 g/mol. The molecule has 0 saturated heterocycles. The first kappa shape index (κ1) is 139. The first-order chi connectivity index (χ1) is 11.8. The van der Waals surface area contributed by atoms with Crippen LogP contribution in [0.15, 0.2) is 23.3 Å². The van der Waals surface area contributed by atoms with E-state index in [1.54, 1.807) is 6.42 Å². The average Bonchev–Trinajstić information content (AvgIpc) is 2.47. The molecule has 1 aliphatic rings. The summed E-state index contributed by atoms with van der Waals surface area (Å²) in [7, 11) is 0. The molecule has 1 rings (SSSR count). The van der Waals surface area contributed by atoms with Crippen LogP contribution in [0.5, 0.6) is 0 Å². The summed E-state index contributed by atoms with van der Waals surface area (Å²) in [5.74, 6) is 0. The summed E-state index contributed by atoms with van der Waals surface area (Å²) in [4.78, 5) is 0. The van der Waals surface area contributed by atoms with E-state index in [9.17, 15) is 10.2 Å². The van der Waals surface area contributed by atoms with E-state index in [2.05, 4.69) is 81.4 Å². The SMILES string of the molecule is C/C(=C\C=C1/[CH-][C@@H](O)[CH-][C@H](O)C1(C)C)C(C)(C)C(C)(C)C(C)(C)C(C)(C)C.[Y].[Y].[Y].[Y].[Y].[Y].[Y].[Y].[Y].[Y].[Y].[Y].[Y].[Y].[Y].[Y].[Y].[Y].[Y].[Y].[Y]. The number of rotatable bonds is 4. The third-order valence-corrected chi connectivity index (χ3v) is 8.71. The van der Waals surface area contributed by atoms with Gasteiger partial charge in [0.1, 0.15) is 0 Å². The van der Waals surface area contributed by atoms with E-state index in [1.165, 1.54) is 5.57 Å². The van der Waals surface area contributed by atoms with Crippen LogP contribution in [0, 0.1) is 39.9 Å². The molecular weight excluding hydrogens is 2200 g/mol. The van der Waals surface area contributed by atoms with E-state index >= 15 is 0 Å². The van der Waals surface area contributed by atoms with Gasteiger partial charge >= 0.3 is 0 Å². The molecule has 0 amide bonds. The molecule has 2 atom stereocenters. The van der Waals surface area contributed by atoms with Crippen molar-refractivity contribution in [3.63, 3.8) is 0 Å². The fraction of sp³-hybridized carbons (Fsp3) is 0.760. The predicted molar refractivity (Wildman–Crippen MR) is 117 cm³/mol.